The second kappa shape index (κ2) is 7.65. The van der Waals surface area contributed by atoms with Crippen LogP contribution in [0.15, 0.2) is 42.5 Å². The van der Waals surface area contributed by atoms with Gasteiger partial charge >= 0.3 is 0 Å². The van der Waals surface area contributed by atoms with Crippen LogP contribution in [0, 0.1) is 11.3 Å². The Morgan fingerprint density at radius 2 is 1.82 bits per heavy atom. The third kappa shape index (κ3) is 3.16. The van der Waals surface area contributed by atoms with Gasteiger partial charge in [-0.15, -0.1) is 0 Å². The van der Waals surface area contributed by atoms with Gasteiger partial charge in [0.25, 0.3) is 0 Å². The highest BCUT2D eigenvalue weighted by molar-refractivity contribution is 5.73. The van der Waals surface area contributed by atoms with Crippen LogP contribution in [-0.2, 0) is 6.42 Å². The number of benzene rings is 2. The second-order valence-corrected chi connectivity index (χ2v) is 6.70. The Bertz CT molecular complexity index is 1030. The van der Waals surface area contributed by atoms with Crippen LogP contribution in [-0.4, -0.2) is 30.5 Å². The van der Waals surface area contributed by atoms with E-state index in [2.05, 4.69) is 11.4 Å². The highest BCUT2D eigenvalue weighted by Crippen LogP contribution is 2.37. The molecule has 6 nitrogen and oxygen atoms in total. The molecular formula is C22H22N4O2. The first-order chi connectivity index (χ1) is 13.7. The van der Waals surface area contributed by atoms with Gasteiger partial charge in [0, 0.05) is 17.7 Å². The summed E-state index contributed by atoms with van der Waals surface area (Å²) in [4.78, 5) is 0. The minimum absolute atomic E-state index is 0.634. The first-order valence-corrected chi connectivity index (χ1v) is 9.34. The van der Waals surface area contributed by atoms with Crippen molar-refractivity contribution < 1.29 is 9.47 Å². The summed E-state index contributed by atoms with van der Waals surface area (Å²) in [6.45, 7) is 0.917. The number of nitriles is 1. The Morgan fingerprint density at radius 3 is 2.54 bits per heavy atom. The fraction of sp³-hybridized carbons (Fsp3) is 0.273. The predicted molar refractivity (Wildman–Crippen MR) is 108 cm³/mol. The van der Waals surface area contributed by atoms with Gasteiger partial charge in [-0.05, 0) is 61.7 Å². The Kier molecular flexibility index (Phi) is 4.90. The van der Waals surface area contributed by atoms with E-state index in [1.54, 1.807) is 14.2 Å². The number of rotatable bonds is 4. The molecule has 0 aliphatic carbocycles. The molecule has 1 aromatic heterocycles. The van der Waals surface area contributed by atoms with Gasteiger partial charge in [-0.1, -0.05) is 0 Å². The lowest BCUT2D eigenvalue weighted by atomic mass is 10.0. The third-order valence-corrected chi connectivity index (χ3v) is 5.03. The minimum Gasteiger partial charge on any atom is -0.493 e. The van der Waals surface area contributed by atoms with Gasteiger partial charge in [-0.2, -0.15) is 10.4 Å². The van der Waals surface area contributed by atoms with Crippen molar-refractivity contribution in [3.8, 4) is 34.5 Å². The number of nitrogens with zero attached hydrogens (tertiary/aromatic N) is 3. The Labute approximate surface area is 164 Å². The number of hydrogen-bond donors (Lipinski definition) is 1. The van der Waals surface area contributed by atoms with E-state index in [0.29, 0.717) is 17.1 Å². The fourth-order valence-corrected chi connectivity index (χ4v) is 3.58. The van der Waals surface area contributed by atoms with Crippen LogP contribution < -0.4 is 14.8 Å². The van der Waals surface area contributed by atoms with E-state index in [-0.39, 0.29) is 0 Å². The van der Waals surface area contributed by atoms with Crippen LogP contribution in [0.25, 0.3) is 16.9 Å². The summed E-state index contributed by atoms with van der Waals surface area (Å²) >= 11 is 0. The summed E-state index contributed by atoms with van der Waals surface area (Å²) in [6, 6.07) is 15.5. The minimum atomic E-state index is 0.634. The molecule has 0 bridgehead atoms. The van der Waals surface area contributed by atoms with Crippen molar-refractivity contribution >= 4 is 5.82 Å². The van der Waals surface area contributed by atoms with Crippen LogP contribution in [0.4, 0.5) is 5.82 Å². The van der Waals surface area contributed by atoms with E-state index in [1.807, 2.05) is 47.1 Å². The molecule has 142 valence electrons. The zero-order valence-corrected chi connectivity index (χ0v) is 16.0. The van der Waals surface area contributed by atoms with Gasteiger partial charge in [0.2, 0.25) is 0 Å². The Balaban J connectivity index is 1.86. The van der Waals surface area contributed by atoms with Crippen molar-refractivity contribution in [3.63, 3.8) is 0 Å². The van der Waals surface area contributed by atoms with Crippen LogP contribution in [0.2, 0.25) is 0 Å². The summed E-state index contributed by atoms with van der Waals surface area (Å²) in [7, 11) is 3.27. The van der Waals surface area contributed by atoms with E-state index >= 15 is 0 Å². The van der Waals surface area contributed by atoms with Crippen molar-refractivity contribution in [1.82, 2.24) is 9.78 Å². The largest absolute Gasteiger partial charge is 0.493 e. The standard InChI is InChI=1S/C22H22N4O2/c1-27-19-11-8-16(13-20(19)28-2)21-18-5-3-4-12-24-22(18)26(25-21)17-9-6-15(14-23)7-10-17/h6-11,13,24H,3-5,12H2,1-2H3. The molecule has 0 saturated heterocycles. The molecule has 6 heteroatoms. The van der Waals surface area contributed by atoms with Crippen molar-refractivity contribution in [3.05, 3.63) is 53.6 Å². The van der Waals surface area contributed by atoms with E-state index in [0.717, 1.165) is 48.6 Å². The van der Waals surface area contributed by atoms with Crippen molar-refractivity contribution in [1.29, 1.82) is 5.26 Å². The third-order valence-electron chi connectivity index (χ3n) is 5.03. The monoisotopic (exact) mass is 374 g/mol. The molecule has 0 saturated carbocycles. The van der Waals surface area contributed by atoms with Crippen molar-refractivity contribution in [2.24, 2.45) is 0 Å². The Morgan fingerprint density at radius 1 is 1.04 bits per heavy atom. The van der Waals surface area contributed by atoms with Gasteiger partial charge in [0.05, 0.1) is 37.2 Å². The number of aromatic nitrogens is 2. The number of nitrogens with one attached hydrogen (secondary N) is 1. The quantitative estimate of drug-likeness (QED) is 0.742. The molecule has 1 aliphatic rings. The molecule has 1 aliphatic heterocycles. The lowest BCUT2D eigenvalue weighted by Gasteiger charge is -2.09. The maximum Gasteiger partial charge on any atom is 0.161 e. The smallest absolute Gasteiger partial charge is 0.161 e. The maximum absolute atomic E-state index is 9.07. The molecule has 4 rings (SSSR count). The molecule has 0 spiro atoms. The van der Waals surface area contributed by atoms with Gasteiger partial charge in [-0.25, -0.2) is 4.68 Å². The normalized spacial score (nSPS) is 13.0. The van der Waals surface area contributed by atoms with Gasteiger partial charge in [0.15, 0.2) is 11.5 Å². The van der Waals surface area contributed by atoms with E-state index < -0.39 is 0 Å². The van der Waals surface area contributed by atoms with Gasteiger partial charge < -0.3 is 14.8 Å². The van der Waals surface area contributed by atoms with Crippen LogP contribution >= 0.6 is 0 Å². The molecule has 2 aromatic carbocycles. The Hall–Kier alpha value is -3.46. The first kappa shape index (κ1) is 17.9. The molecular weight excluding hydrogens is 352 g/mol. The average Bonchev–Trinajstić information content (AvgIpc) is 2.94. The number of hydrogen-bond acceptors (Lipinski definition) is 5. The molecule has 0 radical (unpaired) electrons. The second-order valence-electron chi connectivity index (χ2n) is 6.70. The fourth-order valence-electron chi connectivity index (χ4n) is 3.58. The van der Waals surface area contributed by atoms with E-state index in [4.69, 9.17) is 19.8 Å². The SMILES string of the molecule is COc1ccc(-c2nn(-c3ccc(C#N)cc3)c3c2CCCCN3)cc1OC. The highest BCUT2D eigenvalue weighted by Gasteiger charge is 2.22. The average molecular weight is 374 g/mol. The topological polar surface area (TPSA) is 72.1 Å². The van der Waals surface area contributed by atoms with Crippen LogP contribution in [0.5, 0.6) is 11.5 Å². The predicted octanol–water partition coefficient (Wildman–Crippen LogP) is 4.18. The maximum atomic E-state index is 9.07. The summed E-state index contributed by atoms with van der Waals surface area (Å²) in [5, 5.41) is 17.5. The van der Waals surface area contributed by atoms with Gasteiger partial charge in [0.1, 0.15) is 5.82 Å². The molecule has 0 unspecified atom stereocenters. The summed E-state index contributed by atoms with van der Waals surface area (Å²) in [5.41, 5.74) is 4.69. The van der Waals surface area contributed by atoms with Gasteiger partial charge in [-0.3, -0.25) is 0 Å². The molecule has 3 aromatic rings. The summed E-state index contributed by atoms with van der Waals surface area (Å²) in [6.07, 6.45) is 3.19. The molecule has 0 fully saturated rings. The van der Waals surface area contributed by atoms with Crippen molar-refractivity contribution in [2.75, 3.05) is 26.1 Å². The first-order valence-electron chi connectivity index (χ1n) is 9.34. The molecule has 0 amide bonds. The molecule has 28 heavy (non-hydrogen) atoms. The summed E-state index contributed by atoms with van der Waals surface area (Å²) < 4.78 is 12.8. The molecule has 0 atom stereocenters. The number of anilines is 1. The van der Waals surface area contributed by atoms with Crippen LogP contribution in [0.3, 0.4) is 0 Å². The molecule has 1 N–H and O–H groups in total. The number of ether oxygens (including phenoxy) is 2. The van der Waals surface area contributed by atoms with Crippen molar-refractivity contribution in [2.45, 2.75) is 19.3 Å². The zero-order chi connectivity index (χ0) is 19.5. The zero-order valence-electron chi connectivity index (χ0n) is 16.0. The van der Waals surface area contributed by atoms with E-state index in [9.17, 15) is 0 Å². The highest BCUT2D eigenvalue weighted by atomic mass is 16.5. The van der Waals surface area contributed by atoms with E-state index in [1.165, 1.54) is 5.56 Å². The molecule has 2 heterocycles. The number of fused-ring (bicyclic) bond motifs is 1. The summed E-state index contributed by atoms with van der Waals surface area (Å²) in [5.74, 6) is 2.40. The number of methoxy groups -OCH3 is 2. The lowest BCUT2D eigenvalue weighted by Crippen LogP contribution is -2.07. The van der Waals surface area contributed by atoms with Crippen LogP contribution in [0.1, 0.15) is 24.0 Å². The lowest BCUT2D eigenvalue weighted by molar-refractivity contribution is 0.355.